The van der Waals surface area contributed by atoms with Gasteiger partial charge in [-0.1, -0.05) is 18.2 Å². The van der Waals surface area contributed by atoms with Crippen LogP contribution in [-0.4, -0.2) is 9.97 Å². The summed E-state index contributed by atoms with van der Waals surface area (Å²) in [5.74, 6) is -1.53. The predicted molar refractivity (Wildman–Crippen MR) is 80.8 cm³/mol. The first kappa shape index (κ1) is 14.2. The first-order valence-corrected chi connectivity index (χ1v) is 6.75. The van der Waals surface area contributed by atoms with Crippen LogP contribution in [-0.2, 0) is 0 Å². The molecule has 3 aromatic rings. The summed E-state index contributed by atoms with van der Waals surface area (Å²) in [7, 11) is 0. The number of nitrogens with one attached hydrogen (secondary N) is 2. The van der Waals surface area contributed by atoms with Crippen LogP contribution in [0.2, 0.25) is 0 Å². The van der Waals surface area contributed by atoms with E-state index in [4.69, 9.17) is 0 Å². The van der Waals surface area contributed by atoms with E-state index in [1.165, 1.54) is 6.07 Å². The summed E-state index contributed by atoms with van der Waals surface area (Å²) in [6, 6.07) is 10.3. The minimum atomic E-state index is -0.911. The molecular formula is C16H13F2N3O. The molecule has 0 spiro atoms. The minimum absolute atomic E-state index is 0.259. The number of nitrogens with zero attached hydrogens (tertiary/aromatic N) is 1. The smallest absolute Gasteiger partial charge is 0.260 e. The molecule has 112 valence electrons. The molecule has 6 heteroatoms. The van der Waals surface area contributed by atoms with Gasteiger partial charge in [-0.15, -0.1) is 0 Å². The number of halogens is 2. The topological polar surface area (TPSA) is 57.8 Å². The second-order valence-electron chi connectivity index (χ2n) is 4.97. The van der Waals surface area contributed by atoms with Crippen molar-refractivity contribution < 1.29 is 8.78 Å². The molecule has 0 aliphatic carbocycles. The summed E-state index contributed by atoms with van der Waals surface area (Å²) in [6.45, 7) is 1.77. The van der Waals surface area contributed by atoms with Crippen LogP contribution in [0.5, 0.6) is 0 Å². The Labute approximate surface area is 124 Å². The second kappa shape index (κ2) is 5.55. The molecule has 0 bridgehead atoms. The third-order valence-electron chi connectivity index (χ3n) is 3.41. The van der Waals surface area contributed by atoms with E-state index in [9.17, 15) is 13.6 Å². The van der Waals surface area contributed by atoms with Crippen LogP contribution in [0, 0.1) is 11.6 Å². The Morgan fingerprint density at radius 2 is 1.91 bits per heavy atom. The molecular weight excluding hydrogens is 288 g/mol. The van der Waals surface area contributed by atoms with E-state index in [1.54, 1.807) is 31.2 Å². The highest BCUT2D eigenvalue weighted by molar-refractivity contribution is 5.78. The Morgan fingerprint density at radius 3 is 2.68 bits per heavy atom. The van der Waals surface area contributed by atoms with Crippen LogP contribution in [0.3, 0.4) is 0 Å². The lowest BCUT2D eigenvalue weighted by Crippen LogP contribution is -2.15. The minimum Gasteiger partial charge on any atom is -0.349 e. The van der Waals surface area contributed by atoms with Crippen LogP contribution < -0.4 is 10.9 Å². The van der Waals surface area contributed by atoms with Crippen molar-refractivity contribution in [1.82, 2.24) is 9.97 Å². The van der Waals surface area contributed by atoms with Crippen molar-refractivity contribution in [2.24, 2.45) is 0 Å². The molecule has 1 atom stereocenters. The lowest BCUT2D eigenvalue weighted by Gasteiger charge is -2.15. The molecule has 0 radical (unpaired) electrons. The Bertz CT molecular complexity index is 892. The van der Waals surface area contributed by atoms with Gasteiger partial charge in [-0.2, -0.15) is 0 Å². The van der Waals surface area contributed by atoms with E-state index in [-0.39, 0.29) is 17.5 Å². The summed E-state index contributed by atoms with van der Waals surface area (Å²) in [5.41, 5.74) is 0.853. The third-order valence-corrected chi connectivity index (χ3v) is 3.41. The fourth-order valence-electron chi connectivity index (χ4n) is 2.22. The molecule has 0 fully saturated rings. The predicted octanol–water partition coefficient (Wildman–Crippen LogP) is 3.37. The van der Waals surface area contributed by atoms with Crippen molar-refractivity contribution in [3.63, 3.8) is 0 Å². The normalized spacial score (nSPS) is 12.3. The van der Waals surface area contributed by atoms with Crippen LogP contribution >= 0.6 is 0 Å². The van der Waals surface area contributed by atoms with Crippen molar-refractivity contribution in [2.45, 2.75) is 13.0 Å². The van der Waals surface area contributed by atoms with E-state index >= 15 is 0 Å². The van der Waals surface area contributed by atoms with Crippen molar-refractivity contribution in [2.75, 3.05) is 5.32 Å². The highest BCUT2D eigenvalue weighted by Gasteiger charge is 2.11. The largest absolute Gasteiger partial charge is 0.349 e. The van der Waals surface area contributed by atoms with Gasteiger partial charge in [0.2, 0.25) is 5.95 Å². The molecule has 0 saturated heterocycles. The lowest BCUT2D eigenvalue weighted by atomic mass is 10.1. The number of aromatic amines is 1. The van der Waals surface area contributed by atoms with Gasteiger partial charge < -0.3 is 5.32 Å². The number of hydrogen-bond acceptors (Lipinski definition) is 3. The van der Waals surface area contributed by atoms with Crippen molar-refractivity contribution >= 4 is 16.9 Å². The molecule has 0 saturated carbocycles. The van der Waals surface area contributed by atoms with Gasteiger partial charge in [0.25, 0.3) is 5.56 Å². The van der Waals surface area contributed by atoms with Gasteiger partial charge in [0.15, 0.2) is 11.6 Å². The van der Waals surface area contributed by atoms with Crippen molar-refractivity contribution in [3.8, 4) is 0 Å². The molecule has 0 amide bonds. The fraction of sp³-hybridized carbons (Fsp3) is 0.125. The average molecular weight is 301 g/mol. The van der Waals surface area contributed by atoms with Crippen molar-refractivity contribution in [1.29, 1.82) is 0 Å². The van der Waals surface area contributed by atoms with Gasteiger partial charge in [-0.05, 0) is 36.8 Å². The fourth-order valence-corrected chi connectivity index (χ4v) is 2.22. The van der Waals surface area contributed by atoms with Crippen LogP contribution in [0.25, 0.3) is 10.9 Å². The van der Waals surface area contributed by atoms with Gasteiger partial charge >= 0.3 is 0 Å². The zero-order valence-electron chi connectivity index (χ0n) is 11.7. The highest BCUT2D eigenvalue weighted by atomic mass is 19.2. The molecule has 1 aromatic heterocycles. The maximum absolute atomic E-state index is 13.3. The van der Waals surface area contributed by atoms with E-state index < -0.39 is 11.6 Å². The van der Waals surface area contributed by atoms with Gasteiger partial charge in [0.05, 0.1) is 16.9 Å². The molecule has 0 aliphatic heterocycles. The standard InChI is InChI=1S/C16H13F2N3O/c1-9(10-6-7-12(17)13(18)8-10)19-16-20-14-5-3-2-4-11(14)15(22)21-16/h2-9H,1H3,(H2,19,20,21,22). The number of para-hydroxylation sites is 1. The quantitative estimate of drug-likeness (QED) is 0.780. The van der Waals surface area contributed by atoms with Gasteiger partial charge in [0, 0.05) is 0 Å². The Morgan fingerprint density at radius 1 is 1.14 bits per heavy atom. The first-order valence-electron chi connectivity index (χ1n) is 6.75. The molecule has 1 heterocycles. The number of hydrogen-bond donors (Lipinski definition) is 2. The maximum Gasteiger partial charge on any atom is 0.260 e. The van der Waals surface area contributed by atoms with E-state index in [0.717, 1.165) is 12.1 Å². The molecule has 2 N–H and O–H groups in total. The van der Waals surface area contributed by atoms with E-state index in [1.807, 2.05) is 0 Å². The maximum atomic E-state index is 13.3. The number of anilines is 1. The molecule has 1 unspecified atom stereocenters. The summed E-state index contributed by atoms with van der Waals surface area (Å²) >= 11 is 0. The molecule has 4 nitrogen and oxygen atoms in total. The average Bonchev–Trinajstić information content (AvgIpc) is 2.50. The first-order chi connectivity index (χ1) is 10.5. The second-order valence-corrected chi connectivity index (χ2v) is 4.97. The summed E-state index contributed by atoms with van der Waals surface area (Å²) in [6.07, 6.45) is 0. The van der Waals surface area contributed by atoms with Gasteiger partial charge in [-0.25, -0.2) is 13.8 Å². The Balaban J connectivity index is 1.92. The van der Waals surface area contributed by atoms with Gasteiger partial charge in [0.1, 0.15) is 0 Å². The molecule has 0 aliphatic rings. The van der Waals surface area contributed by atoms with Crippen LogP contribution in [0.1, 0.15) is 18.5 Å². The van der Waals surface area contributed by atoms with Crippen LogP contribution in [0.4, 0.5) is 14.7 Å². The molecule has 2 aromatic carbocycles. The number of rotatable bonds is 3. The molecule has 3 rings (SSSR count). The van der Waals surface area contributed by atoms with Crippen molar-refractivity contribution in [3.05, 3.63) is 70.0 Å². The highest BCUT2D eigenvalue weighted by Crippen LogP contribution is 2.19. The molecule has 22 heavy (non-hydrogen) atoms. The zero-order chi connectivity index (χ0) is 15.7. The summed E-state index contributed by atoms with van der Waals surface area (Å²) < 4.78 is 26.2. The summed E-state index contributed by atoms with van der Waals surface area (Å²) in [5, 5.41) is 3.48. The Kier molecular flexibility index (Phi) is 3.58. The number of aromatic nitrogens is 2. The van der Waals surface area contributed by atoms with Gasteiger partial charge in [-0.3, -0.25) is 9.78 Å². The monoisotopic (exact) mass is 301 g/mol. The SMILES string of the molecule is CC(Nc1nc2ccccc2c(=O)[nH]1)c1ccc(F)c(F)c1. The zero-order valence-corrected chi connectivity index (χ0v) is 11.7. The third kappa shape index (κ3) is 2.67. The van der Waals surface area contributed by atoms with Crippen LogP contribution in [0.15, 0.2) is 47.3 Å². The Hall–Kier alpha value is -2.76. The lowest BCUT2D eigenvalue weighted by molar-refractivity contribution is 0.506. The van der Waals surface area contributed by atoms with E-state index in [2.05, 4.69) is 15.3 Å². The number of benzene rings is 2. The number of H-pyrrole nitrogens is 1. The summed E-state index contributed by atoms with van der Waals surface area (Å²) in [4.78, 5) is 18.9. The van der Waals surface area contributed by atoms with E-state index in [0.29, 0.717) is 16.5 Å². The number of fused-ring (bicyclic) bond motifs is 1.